The zero-order valence-electron chi connectivity index (χ0n) is 12.0. The number of carbonyl (C=O) groups is 1. The molecule has 112 valence electrons. The van der Waals surface area contributed by atoms with Crippen LogP contribution in [0.1, 0.15) is 20.3 Å². The number of nitrogens with zero attached hydrogens (tertiary/aromatic N) is 2. The van der Waals surface area contributed by atoms with Gasteiger partial charge in [-0.2, -0.15) is 0 Å². The molecule has 0 aromatic carbocycles. The maximum absolute atomic E-state index is 13.9. The lowest BCUT2D eigenvalue weighted by molar-refractivity contribution is -0.119. The van der Waals surface area contributed by atoms with Crippen LogP contribution in [0.25, 0.3) is 0 Å². The highest BCUT2D eigenvalue weighted by Gasteiger charge is 2.18. The Labute approximate surface area is 117 Å². The molecular formula is C13H20F2N4O. The molecule has 20 heavy (non-hydrogen) atoms. The van der Waals surface area contributed by atoms with E-state index in [0.717, 1.165) is 6.07 Å². The van der Waals surface area contributed by atoms with Gasteiger partial charge in [-0.05, 0) is 13.3 Å². The van der Waals surface area contributed by atoms with E-state index in [0.29, 0.717) is 19.5 Å². The highest BCUT2D eigenvalue weighted by atomic mass is 19.1. The van der Waals surface area contributed by atoms with Crippen LogP contribution in [0.5, 0.6) is 0 Å². The summed E-state index contributed by atoms with van der Waals surface area (Å²) in [5.41, 5.74) is 0. The SMILES string of the molecule is CCCN(CC(=O)NC)c1nc(NCC)c(F)cc1F. The molecule has 7 heteroatoms. The van der Waals surface area contributed by atoms with Crippen LogP contribution in [0, 0.1) is 11.6 Å². The average molecular weight is 286 g/mol. The van der Waals surface area contributed by atoms with Gasteiger partial charge in [-0.15, -0.1) is 0 Å². The Kier molecular flexibility index (Phi) is 6.14. The van der Waals surface area contributed by atoms with E-state index < -0.39 is 11.6 Å². The van der Waals surface area contributed by atoms with E-state index in [1.54, 1.807) is 6.92 Å². The third-order valence-electron chi connectivity index (χ3n) is 2.66. The van der Waals surface area contributed by atoms with Gasteiger partial charge in [0, 0.05) is 26.2 Å². The number of halogens is 2. The summed E-state index contributed by atoms with van der Waals surface area (Å²) in [7, 11) is 1.50. The fourth-order valence-corrected chi connectivity index (χ4v) is 1.75. The highest BCUT2D eigenvalue weighted by molar-refractivity contribution is 5.80. The first-order chi connectivity index (χ1) is 9.53. The Morgan fingerprint density at radius 1 is 1.35 bits per heavy atom. The number of anilines is 2. The van der Waals surface area contributed by atoms with E-state index in [1.165, 1.54) is 11.9 Å². The molecule has 5 nitrogen and oxygen atoms in total. The van der Waals surface area contributed by atoms with Gasteiger partial charge in [0.05, 0.1) is 6.54 Å². The van der Waals surface area contributed by atoms with Crippen molar-refractivity contribution in [3.05, 3.63) is 17.7 Å². The summed E-state index contributed by atoms with van der Waals surface area (Å²) in [5, 5.41) is 5.20. The second-order valence-electron chi connectivity index (χ2n) is 4.25. The van der Waals surface area contributed by atoms with Crippen LogP contribution in [0.3, 0.4) is 0 Å². The maximum atomic E-state index is 13.9. The molecule has 0 atom stereocenters. The van der Waals surface area contributed by atoms with Gasteiger partial charge in [-0.25, -0.2) is 13.8 Å². The lowest BCUT2D eigenvalue weighted by Crippen LogP contribution is -2.37. The molecule has 1 aromatic heterocycles. The van der Waals surface area contributed by atoms with Gasteiger partial charge >= 0.3 is 0 Å². The quantitative estimate of drug-likeness (QED) is 0.802. The van der Waals surface area contributed by atoms with Crippen LogP contribution in [0.4, 0.5) is 20.4 Å². The summed E-state index contributed by atoms with van der Waals surface area (Å²) < 4.78 is 27.4. The predicted octanol–water partition coefficient (Wildman–Crippen LogP) is 1.75. The molecule has 0 saturated carbocycles. The van der Waals surface area contributed by atoms with Gasteiger partial charge in [0.2, 0.25) is 5.91 Å². The average Bonchev–Trinajstić information content (AvgIpc) is 2.41. The van der Waals surface area contributed by atoms with Gasteiger partial charge in [0.25, 0.3) is 0 Å². The van der Waals surface area contributed by atoms with Gasteiger partial charge in [-0.1, -0.05) is 6.92 Å². The summed E-state index contributed by atoms with van der Waals surface area (Å²) in [6, 6.07) is 0.785. The van der Waals surface area contributed by atoms with Crippen molar-refractivity contribution >= 4 is 17.5 Å². The van der Waals surface area contributed by atoms with E-state index in [9.17, 15) is 13.6 Å². The van der Waals surface area contributed by atoms with E-state index >= 15 is 0 Å². The molecule has 2 N–H and O–H groups in total. The summed E-state index contributed by atoms with van der Waals surface area (Å²) in [4.78, 5) is 16.9. The molecule has 0 aliphatic heterocycles. The first-order valence-electron chi connectivity index (χ1n) is 6.58. The molecule has 0 saturated heterocycles. The Morgan fingerprint density at radius 3 is 2.60 bits per heavy atom. The molecule has 0 unspecified atom stereocenters. The molecule has 1 amide bonds. The number of carbonyl (C=O) groups excluding carboxylic acids is 1. The summed E-state index contributed by atoms with van der Waals surface area (Å²) in [6.07, 6.45) is 0.714. The highest BCUT2D eigenvalue weighted by Crippen LogP contribution is 2.22. The Morgan fingerprint density at radius 2 is 2.05 bits per heavy atom. The van der Waals surface area contributed by atoms with Crippen molar-refractivity contribution in [2.24, 2.45) is 0 Å². The third kappa shape index (κ3) is 4.04. The molecule has 1 rings (SSSR count). The van der Waals surface area contributed by atoms with Gasteiger partial charge in [0.15, 0.2) is 23.3 Å². The lowest BCUT2D eigenvalue weighted by atomic mass is 10.3. The molecule has 0 radical (unpaired) electrons. The van der Waals surface area contributed by atoms with E-state index in [-0.39, 0.29) is 24.1 Å². The summed E-state index contributed by atoms with van der Waals surface area (Å²) in [6.45, 7) is 4.60. The molecule has 1 heterocycles. The number of aromatic nitrogens is 1. The normalized spacial score (nSPS) is 10.2. The zero-order chi connectivity index (χ0) is 15.1. The summed E-state index contributed by atoms with van der Waals surface area (Å²) >= 11 is 0. The van der Waals surface area contributed by atoms with Crippen LogP contribution < -0.4 is 15.5 Å². The van der Waals surface area contributed by atoms with Crippen molar-refractivity contribution in [2.75, 3.05) is 36.9 Å². The minimum absolute atomic E-state index is 0.0121. The standard InChI is InChI=1S/C13H20F2N4O/c1-4-6-19(8-11(20)16-3)13-10(15)7-9(14)12(18-13)17-5-2/h7H,4-6,8H2,1-3H3,(H,16,20)(H,17,18). The van der Waals surface area contributed by atoms with E-state index in [4.69, 9.17) is 0 Å². The first kappa shape index (κ1) is 16.1. The van der Waals surface area contributed by atoms with Crippen molar-refractivity contribution in [2.45, 2.75) is 20.3 Å². The first-order valence-corrected chi connectivity index (χ1v) is 6.58. The number of rotatable bonds is 7. The molecular weight excluding hydrogens is 266 g/mol. The second-order valence-corrected chi connectivity index (χ2v) is 4.25. The topological polar surface area (TPSA) is 57.3 Å². The molecule has 1 aromatic rings. The van der Waals surface area contributed by atoms with Crippen molar-refractivity contribution in [1.29, 1.82) is 0 Å². The number of nitrogens with one attached hydrogen (secondary N) is 2. The zero-order valence-corrected chi connectivity index (χ0v) is 12.0. The van der Waals surface area contributed by atoms with E-state index in [1.807, 2.05) is 6.92 Å². The molecule has 0 aliphatic rings. The minimum Gasteiger partial charge on any atom is -0.368 e. The van der Waals surface area contributed by atoms with Crippen molar-refractivity contribution < 1.29 is 13.6 Å². The number of amides is 1. The van der Waals surface area contributed by atoms with Crippen LogP contribution >= 0.6 is 0 Å². The maximum Gasteiger partial charge on any atom is 0.239 e. The smallest absolute Gasteiger partial charge is 0.239 e. The fraction of sp³-hybridized carbons (Fsp3) is 0.538. The van der Waals surface area contributed by atoms with Crippen LogP contribution in [-0.2, 0) is 4.79 Å². The van der Waals surface area contributed by atoms with Crippen molar-refractivity contribution in [3.8, 4) is 0 Å². The molecule has 0 bridgehead atoms. The number of pyridine rings is 1. The number of hydrogen-bond donors (Lipinski definition) is 2. The number of likely N-dealkylation sites (N-methyl/N-ethyl adjacent to an activating group) is 1. The molecule has 0 fully saturated rings. The van der Waals surface area contributed by atoms with Gasteiger partial charge in [-0.3, -0.25) is 4.79 Å². The molecule has 0 aliphatic carbocycles. The van der Waals surface area contributed by atoms with Crippen LogP contribution in [-0.4, -0.2) is 37.6 Å². The summed E-state index contributed by atoms with van der Waals surface area (Å²) in [5.74, 6) is -1.81. The van der Waals surface area contributed by atoms with E-state index in [2.05, 4.69) is 15.6 Å². The second kappa shape index (κ2) is 7.62. The lowest BCUT2D eigenvalue weighted by Gasteiger charge is -2.23. The van der Waals surface area contributed by atoms with Gasteiger partial charge < -0.3 is 15.5 Å². The van der Waals surface area contributed by atoms with Crippen molar-refractivity contribution in [1.82, 2.24) is 10.3 Å². The largest absolute Gasteiger partial charge is 0.368 e. The Balaban J connectivity index is 3.10. The van der Waals surface area contributed by atoms with Crippen LogP contribution in [0.2, 0.25) is 0 Å². The third-order valence-corrected chi connectivity index (χ3v) is 2.66. The van der Waals surface area contributed by atoms with Crippen LogP contribution in [0.15, 0.2) is 6.07 Å². The van der Waals surface area contributed by atoms with Gasteiger partial charge in [0.1, 0.15) is 0 Å². The fourth-order valence-electron chi connectivity index (χ4n) is 1.75. The van der Waals surface area contributed by atoms with Crippen molar-refractivity contribution in [3.63, 3.8) is 0 Å². The monoisotopic (exact) mass is 286 g/mol. The Hall–Kier alpha value is -1.92. The predicted molar refractivity (Wildman–Crippen MR) is 74.9 cm³/mol. The Bertz CT molecular complexity index is 468. The minimum atomic E-state index is -0.776. The number of hydrogen-bond acceptors (Lipinski definition) is 4. The molecule has 0 spiro atoms.